The fourth-order valence-electron chi connectivity index (χ4n) is 1.94. The Labute approximate surface area is 132 Å². The number of rotatable bonds is 6. The zero-order chi connectivity index (χ0) is 14.5. The number of nitrogens with zero attached hydrogens (tertiary/aromatic N) is 1. The standard InChI is InChI=1S/C15H19BrN2OS/c1-10(20-14-6-4-13(16)5-7-14)8-17-9-15-11(2)18-19-12(15)3/h4-7,10,17H,8-9H2,1-3H3. The minimum atomic E-state index is 0.511. The smallest absolute Gasteiger partial charge is 0.138 e. The van der Waals surface area contributed by atoms with Crippen LogP contribution in [-0.2, 0) is 6.54 Å². The molecule has 5 heteroatoms. The highest BCUT2D eigenvalue weighted by atomic mass is 79.9. The van der Waals surface area contributed by atoms with Crippen molar-refractivity contribution in [3.05, 3.63) is 45.8 Å². The van der Waals surface area contributed by atoms with Gasteiger partial charge >= 0.3 is 0 Å². The topological polar surface area (TPSA) is 38.1 Å². The molecule has 20 heavy (non-hydrogen) atoms. The van der Waals surface area contributed by atoms with E-state index in [1.54, 1.807) is 0 Å². The minimum Gasteiger partial charge on any atom is -0.361 e. The lowest BCUT2D eigenvalue weighted by atomic mass is 10.2. The molecule has 1 heterocycles. The Balaban J connectivity index is 1.78. The van der Waals surface area contributed by atoms with Crippen molar-refractivity contribution in [3.63, 3.8) is 0 Å². The number of nitrogens with one attached hydrogen (secondary N) is 1. The first-order valence-electron chi connectivity index (χ1n) is 6.61. The van der Waals surface area contributed by atoms with Crippen molar-refractivity contribution in [2.24, 2.45) is 0 Å². The minimum absolute atomic E-state index is 0.511. The largest absolute Gasteiger partial charge is 0.361 e. The van der Waals surface area contributed by atoms with Gasteiger partial charge < -0.3 is 9.84 Å². The van der Waals surface area contributed by atoms with Crippen LogP contribution >= 0.6 is 27.7 Å². The average Bonchev–Trinajstić information content (AvgIpc) is 2.73. The predicted molar refractivity (Wildman–Crippen MR) is 87.1 cm³/mol. The molecule has 0 spiro atoms. The quantitative estimate of drug-likeness (QED) is 0.783. The van der Waals surface area contributed by atoms with Crippen molar-refractivity contribution in [3.8, 4) is 0 Å². The second-order valence-electron chi connectivity index (χ2n) is 4.82. The molecule has 0 aliphatic rings. The first-order valence-corrected chi connectivity index (χ1v) is 8.28. The summed E-state index contributed by atoms with van der Waals surface area (Å²) in [5.74, 6) is 0.906. The molecule has 0 fully saturated rings. The predicted octanol–water partition coefficient (Wildman–Crippen LogP) is 4.32. The van der Waals surface area contributed by atoms with E-state index in [1.165, 1.54) is 10.5 Å². The third kappa shape index (κ3) is 4.36. The Bertz CT molecular complexity index is 534. The van der Waals surface area contributed by atoms with E-state index < -0.39 is 0 Å². The molecule has 0 aliphatic heterocycles. The lowest BCUT2D eigenvalue weighted by Gasteiger charge is -2.12. The van der Waals surface area contributed by atoms with Crippen molar-refractivity contribution in [2.45, 2.75) is 37.5 Å². The molecule has 0 saturated carbocycles. The van der Waals surface area contributed by atoms with Gasteiger partial charge in [0.25, 0.3) is 0 Å². The molecule has 2 aromatic rings. The fourth-order valence-corrected chi connectivity index (χ4v) is 3.17. The molecule has 3 nitrogen and oxygen atoms in total. The summed E-state index contributed by atoms with van der Waals surface area (Å²) >= 11 is 5.33. The first-order chi connectivity index (χ1) is 9.56. The fraction of sp³-hybridized carbons (Fsp3) is 0.400. The molecule has 1 atom stereocenters. The summed E-state index contributed by atoms with van der Waals surface area (Å²) in [5, 5.41) is 7.95. The van der Waals surface area contributed by atoms with Crippen LogP contribution in [0, 0.1) is 13.8 Å². The van der Waals surface area contributed by atoms with E-state index in [2.05, 4.69) is 57.6 Å². The van der Waals surface area contributed by atoms with E-state index in [9.17, 15) is 0 Å². The average molecular weight is 355 g/mol. The van der Waals surface area contributed by atoms with Gasteiger partial charge in [-0.3, -0.25) is 0 Å². The van der Waals surface area contributed by atoms with E-state index in [0.29, 0.717) is 5.25 Å². The molecule has 108 valence electrons. The van der Waals surface area contributed by atoms with Crippen molar-refractivity contribution >= 4 is 27.7 Å². The van der Waals surface area contributed by atoms with Gasteiger partial charge in [-0.2, -0.15) is 0 Å². The zero-order valence-electron chi connectivity index (χ0n) is 11.9. The van der Waals surface area contributed by atoms with Gasteiger partial charge in [-0.15, -0.1) is 11.8 Å². The van der Waals surface area contributed by atoms with Crippen LogP contribution in [0.15, 0.2) is 38.2 Å². The Morgan fingerprint density at radius 2 is 2.00 bits per heavy atom. The Morgan fingerprint density at radius 1 is 1.30 bits per heavy atom. The molecule has 0 aliphatic carbocycles. The lowest BCUT2D eigenvalue weighted by Crippen LogP contribution is -2.22. The van der Waals surface area contributed by atoms with Crippen LogP contribution in [0.5, 0.6) is 0 Å². The molecule has 0 saturated heterocycles. The van der Waals surface area contributed by atoms with Crippen LogP contribution in [-0.4, -0.2) is 17.0 Å². The second-order valence-corrected chi connectivity index (χ2v) is 7.24. The Morgan fingerprint density at radius 3 is 2.60 bits per heavy atom. The summed E-state index contributed by atoms with van der Waals surface area (Å²) < 4.78 is 6.28. The van der Waals surface area contributed by atoms with Gasteiger partial charge in [0.2, 0.25) is 0 Å². The number of aromatic nitrogens is 1. The summed E-state index contributed by atoms with van der Waals surface area (Å²) in [4.78, 5) is 1.29. The Kier molecular flexibility index (Phi) is 5.69. The number of halogens is 1. The normalized spacial score (nSPS) is 12.6. The maximum Gasteiger partial charge on any atom is 0.138 e. The van der Waals surface area contributed by atoms with Crippen molar-refractivity contribution in [2.75, 3.05) is 6.54 Å². The van der Waals surface area contributed by atoms with Crippen molar-refractivity contribution in [1.82, 2.24) is 10.5 Å². The van der Waals surface area contributed by atoms with Crippen LogP contribution < -0.4 is 5.32 Å². The highest BCUT2D eigenvalue weighted by molar-refractivity contribution is 9.10. The van der Waals surface area contributed by atoms with Gasteiger partial charge in [0.15, 0.2) is 0 Å². The molecule has 0 bridgehead atoms. The van der Waals surface area contributed by atoms with Crippen LogP contribution in [0.3, 0.4) is 0 Å². The number of hydrogen-bond acceptors (Lipinski definition) is 4. The SMILES string of the molecule is Cc1noc(C)c1CNCC(C)Sc1ccc(Br)cc1. The molecule has 1 unspecified atom stereocenters. The monoisotopic (exact) mass is 354 g/mol. The number of thioether (sulfide) groups is 1. The van der Waals surface area contributed by atoms with Gasteiger partial charge in [-0.25, -0.2) is 0 Å². The van der Waals surface area contributed by atoms with Gasteiger partial charge in [0.05, 0.1) is 5.69 Å². The molecule has 0 amide bonds. The van der Waals surface area contributed by atoms with Crippen LogP contribution in [0.1, 0.15) is 23.9 Å². The van der Waals surface area contributed by atoms with E-state index >= 15 is 0 Å². The zero-order valence-corrected chi connectivity index (χ0v) is 14.3. The molecule has 1 N–H and O–H groups in total. The summed E-state index contributed by atoms with van der Waals surface area (Å²) in [6.45, 7) is 7.93. The lowest BCUT2D eigenvalue weighted by molar-refractivity contribution is 0.392. The molecule has 1 aromatic heterocycles. The second kappa shape index (κ2) is 7.29. The first kappa shape index (κ1) is 15.6. The highest BCUT2D eigenvalue weighted by Crippen LogP contribution is 2.24. The van der Waals surface area contributed by atoms with Crippen molar-refractivity contribution < 1.29 is 4.52 Å². The number of aryl methyl sites for hydroxylation is 2. The third-order valence-electron chi connectivity index (χ3n) is 3.07. The maximum atomic E-state index is 5.16. The van der Waals surface area contributed by atoms with Gasteiger partial charge in [-0.05, 0) is 38.1 Å². The summed E-state index contributed by atoms with van der Waals surface area (Å²) in [6, 6.07) is 8.43. The van der Waals surface area contributed by atoms with Crippen LogP contribution in [0.4, 0.5) is 0 Å². The highest BCUT2D eigenvalue weighted by Gasteiger charge is 2.09. The molecule has 0 radical (unpaired) electrons. The number of hydrogen-bond donors (Lipinski definition) is 1. The van der Waals surface area contributed by atoms with Crippen LogP contribution in [0.2, 0.25) is 0 Å². The van der Waals surface area contributed by atoms with E-state index in [-0.39, 0.29) is 0 Å². The maximum absolute atomic E-state index is 5.16. The van der Waals surface area contributed by atoms with E-state index in [1.807, 2.05) is 25.6 Å². The number of benzene rings is 1. The van der Waals surface area contributed by atoms with Gasteiger partial charge in [-0.1, -0.05) is 28.0 Å². The van der Waals surface area contributed by atoms with E-state index in [0.717, 1.165) is 29.0 Å². The van der Waals surface area contributed by atoms with Gasteiger partial charge in [0, 0.05) is 33.3 Å². The van der Waals surface area contributed by atoms with Crippen molar-refractivity contribution in [1.29, 1.82) is 0 Å². The summed E-state index contributed by atoms with van der Waals surface area (Å²) in [7, 11) is 0. The Hall–Kier alpha value is -0.780. The van der Waals surface area contributed by atoms with Crippen LogP contribution in [0.25, 0.3) is 0 Å². The molecular formula is C15H19BrN2OS. The van der Waals surface area contributed by atoms with E-state index in [4.69, 9.17) is 4.52 Å². The third-order valence-corrected chi connectivity index (χ3v) is 4.71. The molecule has 1 aromatic carbocycles. The summed E-state index contributed by atoms with van der Waals surface area (Å²) in [6.07, 6.45) is 0. The molecule has 2 rings (SSSR count). The summed E-state index contributed by atoms with van der Waals surface area (Å²) in [5.41, 5.74) is 2.15. The molecular weight excluding hydrogens is 336 g/mol. The van der Waals surface area contributed by atoms with Gasteiger partial charge in [0.1, 0.15) is 5.76 Å².